The lowest BCUT2D eigenvalue weighted by atomic mass is 10.2. The fourth-order valence-electron chi connectivity index (χ4n) is 1.89. The maximum atomic E-state index is 12.2. The van der Waals surface area contributed by atoms with E-state index in [0.717, 1.165) is 10.2 Å². The highest BCUT2D eigenvalue weighted by Gasteiger charge is 2.09. The minimum Gasteiger partial charge on any atom is -0.481 e. The van der Waals surface area contributed by atoms with E-state index < -0.39 is 0 Å². The number of nitrogen functional groups attached to an aromatic ring is 1. The summed E-state index contributed by atoms with van der Waals surface area (Å²) in [6.45, 7) is 0. The third-order valence-corrected chi connectivity index (χ3v) is 3.72. The second kappa shape index (κ2) is 5.37. The van der Waals surface area contributed by atoms with Gasteiger partial charge >= 0.3 is 0 Å². The molecule has 3 aromatic rings. The summed E-state index contributed by atoms with van der Waals surface area (Å²) >= 11 is 1.35. The number of aromatic nitrogens is 2. The number of nitrogens with one attached hydrogen (secondary N) is 1. The van der Waals surface area contributed by atoms with E-state index in [1.165, 1.54) is 18.4 Å². The predicted molar refractivity (Wildman–Crippen MR) is 82.8 cm³/mol. The van der Waals surface area contributed by atoms with Crippen molar-refractivity contribution >= 4 is 38.3 Å². The van der Waals surface area contributed by atoms with Crippen molar-refractivity contribution in [2.75, 3.05) is 18.2 Å². The molecule has 0 atom stereocenters. The molecule has 2 aromatic heterocycles. The summed E-state index contributed by atoms with van der Waals surface area (Å²) in [6, 6.07) is 8.63. The number of thiazole rings is 1. The molecule has 7 heteroatoms. The molecule has 3 rings (SSSR count). The van der Waals surface area contributed by atoms with Gasteiger partial charge in [-0.25, -0.2) is 9.97 Å². The van der Waals surface area contributed by atoms with Crippen molar-refractivity contribution in [1.82, 2.24) is 9.97 Å². The minimum atomic E-state index is -0.211. The van der Waals surface area contributed by atoms with Crippen molar-refractivity contribution in [2.45, 2.75) is 0 Å². The van der Waals surface area contributed by atoms with E-state index in [0.29, 0.717) is 22.3 Å². The van der Waals surface area contributed by atoms with E-state index in [4.69, 9.17) is 10.5 Å². The Morgan fingerprint density at radius 2 is 2.19 bits per heavy atom. The molecule has 0 aliphatic heterocycles. The molecule has 106 valence electrons. The number of ether oxygens (including phenoxy) is 1. The molecule has 0 unspecified atom stereocenters. The van der Waals surface area contributed by atoms with Gasteiger partial charge in [-0.2, -0.15) is 0 Å². The Bertz CT molecular complexity index is 816. The quantitative estimate of drug-likeness (QED) is 0.775. The van der Waals surface area contributed by atoms with Gasteiger partial charge in [0.15, 0.2) is 5.13 Å². The second-order valence-electron chi connectivity index (χ2n) is 4.28. The van der Waals surface area contributed by atoms with Crippen LogP contribution in [0.1, 0.15) is 10.4 Å². The number of carbonyl (C=O) groups is 1. The summed E-state index contributed by atoms with van der Waals surface area (Å²) in [7, 11) is 1.52. The van der Waals surface area contributed by atoms with E-state index in [2.05, 4.69) is 15.3 Å². The molecule has 1 amide bonds. The number of pyridine rings is 1. The van der Waals surface area contributed by atoms with E-state index in [1.54, 1.807) is 36.5 Å². The van der Waals surface area contributed by atoms with E-state index in [9.17, 15) is 4.79 Å². The second-order valence-corrected chi connectivity index (χ2v) is 5.34. The van der Waals surface area contributed by atoms with Gasteiger partial charge in [-0.05, 0) is 24.3 Å². The van der Waals surface area contributed by atoms with Crippen LogP contribution < -0.4 is 15.8 Å². The molecule has 0 radical (unpaired) electrons. The Morgan fingerprint density at radius 3 is 3.00 bits per heavy atom. The van der Waals surface area contributed by atoms with Gasteiger partial charge < -0.3 is 15.8 Å². The molecule has 3 N–H and O–H groups in total. The first kappa shape index (κ1) is 13.3. The number of fused-ring (bicyclic) bond motifs is 1. The maximum absolute atomic E-state index is 12.2. The van der Waals surface area contributed by atoms with E-state index in [1.807, 2.05) is 0 Å². The summed E-state index contributed by atoms with van der Waals surface area (Å²) in [6.07, 6.45) is 1.57. The van der Waals surface area contributed by atoms with Gasteiger partial charge in [0.2, 0.25) is 5.88 Å². The van der Waals surface area contributed by atoms with Crippen LogP contribution in [0.25, 0.3) is 10.2 Å². The fourth-order valence-corrected chi connectivity index (χ4v) is 2.66. The van der Waals surface area contributed by atoms with Gasteiger partial charge in [0.05, 0.1) is 17.3 Å². The summed E-state index contributed by atoms with van der Waals surface area (Å²) in [4.78, 5) is 20.4. The van der Waals surface area contributed by atoms with Gasteiger partial charge in [0.1, 0.15) is 0 Å². The Balaban J connectivity index is 1.85. The predicted octanol–water partition coefficient (Wildman–Crippen LogP) is 2.53. The normalized spacial score (nSPS) is 10.5. The Labute approximate surface area is 124 Å². The highest BCUT2D eigenvalue weighted by molar-refractivity contribution is 7.22. The summed E-state index contributed by atoms with van der Waals surface area (Å²) in [5.74, 6) is 0.232. The number of rotatable bonds is 3. The number of benzene rings is 1. The Hall–Kier alpha value is -2.67. The van der Waals surface area contributed by atoms with Crippen LogP contribution in [0.2, 0.25) is 0 Å². The zero-order valence-corrected chi connectivity index (χ0v) is 12.0. The first-order valence-corrected chi connectivity index (χ1v) is 6.95. The first-order valence-electron chi connectivity index (χ1n) is 6.13. The van der Waals surface area contributed by atoms with E-state index in [-0.39, 0.29) is 5.91 Å². The maximum Gasteiger partial charge on any atom is 0.255 e. The third kappa shape index (κ3) is 2.77. The summed E-state index contributed by atoms with van der Waals surface area (Å²) < 4.78 is 5.90. The van der Waals surface area contributed by atoms with Gasteiger partial charge in [-0.3, -0.25) is 4.79 Å². The van der Waals surface area contributed by atoms with Crippen LogP contribution in [0.5, 0.6) is 5.88 Å². The topological polar surface area (TPSA) is 90.1 Å². The van der Waals surface area contributed by atoms with Crippen molar-refractivity contribution in [3.05, 3.63) is 42.1 Å². The lowest BCUT2D eigenvalue weighted by Gasteiger charge is -2.06. The van der Waals surface area contributed by atoms with Crippen molar-refractivity contribution < 1.29 is 9.53 Å². The summed E-state index contributed by atoms with van der Waals surface area (Å²) in [5, 5.41) is 3.29. The van der Waals surface area contributed by atoms with Gasteiger partial charge in [0, 0.05) is 23.5 Å². The van der Waals surface area contributed by atoms with Gasteiger partial charge in [-0.1, -0.05) is 11.3 Å². The standard InChI is InChI=1S/C14H12N4O2S/c1-20-12-7-9(4-5-16-12)17-13(19)8-2-3-10-11(6-8)21-14(15)18-10/h2-7H,1H3,(H2,15,18)(H,16,17,19). The molecule has 1 aromatic carbocycles. The average molecular weight is 300 g/mol. The zero-order valence-electron chi connectivity index (χ0n) is 11.2. The largest absolute Gasteiger partial charge is 0.481 e. The van der Waals surface area contributed by atoms with E-state index >= 15 is 0 Å². The molecular formula is C14H12N4O2S. The van der Waals surface area contributed by atoms with Crippen LogP contribution >= 0.6 is 11.3 Å². The number of amides is 1. The lowest BCUT2D eigenvalue weighted by molar-refractivity contribution is 0.102. The van der Waals surface area contributed by atoms with Crippen molar-refractivity contribution in [2.24, 2.45) is 0 Å². The van der Waals surface area contributed by atoms with Crippen molar-refractivity contribution in [1.29, 1.82) is 0 Å². The lowest BCUT2D eigenvalue weighted by Crippen LogP contribution is -2.11. The van der Waals surface area contributed by atoms with Crippen LogP contribution in [-0.2, 0) is 0 Å². The Morgan fingerprint density at radius 1 is 1.33 bits per heavy atom. The number of anilines is 2. The monoisotopic (exact) mass is 300 g/mol. The molecule has 21 heavy (non-hydrogen) atoms. The molecule has 0 fully saturated rings. The van der Waals surface area contributed by atoms with Gasteiger partial charge in [0.25, 0.3) is 5.91 Å². The number of nitrogens with zero attached hydrogens (tertiary/aromatic N) is 2. The first-order chi connectivity index (χ1) is 10.2. The van der Waals surface area contributed by atoms with Crippen LogP contribution in [0.15, 0.2) is 36.5 Å². The van der Waals surface area contributed by atoms with Crippen LogP contribution in [0, 0.1) is 0 Å². The molecule has 2 heterocycles. The number of methoxy groups -OCH3 is 1. The molecule has 0 aliphatic rings. The number of carbonyl (C=O) groups excluding carboxylic acids is 1. The minimum absolute atomic E-state index is 0.211. The average Bonchev–Trinajstić information content (AvgIpc) is 2.86. The molecular weight excluding hydrogens is 288 g/mol. The molecule has 6 nitrogen and oxygen atoms in total. The van der Waals surface area contributed by atoms with Crippen LogP contribution in [0.4, 0.5) is 10.8 Å². The van der Waals surface area contributed by atoms with Crippen molar-refractivity contribution in [3.63, 3.8) is 0 Å². The SMILES string of the molecule is COc1cc(NC(=O)c2ccc3nc(N)sc3c2)ccn1. The van der Waals surface area contributed by atoms with Crippen molar-refractivity contribution in [3.8, 4) is 5.88 Å². The Kier molecular flexibility index (Phi) is 3.41. The highest BCUT2D eigenvalue weighted by Crippen LogP contribution is 2.25. The molecule has 0 aliphatic carbocycles. The molecule has 0 saturated carbocycles. The number of nitrogens with two attached hydrogens (primary N) is 1. The van der Waals surface area contributed by atoms with Crippen LogP contribution in [0.3, 0.4) is 0 Å². The fraction of sp³-hybridized carbons (Fsp3) is 0.0714. The smallest absolute Gasteiger partial charge is 0.255 e. The molecule has 0 spiro atoms. The van der Waals surface area contributed by atoms with Crippen LogP contribution in [-0.4, -0.2) is 23.0 Å². The number of hydrogen-bond acceptors (Lipinski definition) is 6. The number of hydrogen-bond donors (Lipinski definition) is 2. The zero-order chi connectivity index (χ0) is 14.8. The highest BCUT2D eigenvalue weighted by atomic mass is 32.1. The summed E-state index contributed by atoms with van der Waals surface area (Å²) in [5.41, 5.74) is 7.61. The van der Waals surface area contributed by atoms with Gasteiger partial charge in [-0.15, -0.1) is 0 Å². The third-order valence-electron chi connectivity index (χ3n) is 2.87. The molecule has 0 saturated heterocycles. The molecule has 0 bridgehead atoms.